The predicted octanol–water partition coefficient (Wildman–Crippen LogP) is 3.31. The SMILES string of the molecule is COCCCNC(SCc1c(C)c(C)c(C)c(C)c1C)=C(C#N)C(N)=O. The molecule has 0 aliphatic rings. The van der Waals surface area contributed by atoms with Crippen molar-refractivity contribution in [3.8, 4) is 6.07 Å². The number of rotatable bonds is 9. The highest BCUT2D eigenvalue weighted by molar-refractivity contribution is 8.02. The Morgan fingerprint density at radius 1 is 1.12 bits per heavy atom. The summed E-state index contributed by atoms with van der Waals surface area (Å²) in [4.78, 5) is 11.6. The monoisotopic (exact) mass is 375 g/mol. The molecule has 26 heavy (non-hydrogen) atoms. The molecule has 3 N–H and O–H groups in total. The molecular formula is C20H29N3O2S. The van der Waals surface area contributed by atoms with Crippen LogP contribution in [0.1, 0.15) is 39.8 Å². The fraction of sp³-hybridized carbons (Fsp3) is 0.500. The standard InChI is InChI=1S/C20H29N3O2S/c1-12-13(2)15(4)18(16(5)14(12)3)11-26-20(17(10-21)19(22)24)23-8-7-9-25-6/h23H,7-9,11H2,1-6H3,(H2,22,24). The van der Waals surface area contributed by atoms with E-state index in [0.29, 0.717) is 23.9 Å². The highest BCUT2D eigenvalue weighted by Crippen LogP contribution is 2.31. The summed E-state index contributed by atoms with van der Waals surface area (Å²) in [7, 11) is 1.64. The van der Waals surface area contributed by atoms with Crippen LogP contribution in [0.2, 0.25) is 0 Å². The molecule has 0 atom stereocenters. The van der Waals surface area contributed by atoms with Gasteiger partial charge in [0.2, 0.25) is 0 Å². The van der Waals surface area contributed by atoms with E-state index in [4.69, 9.17) is 10.5 Å². The lowest BCUT2D eigenvalue weighted by Gasteiger charge is -2.19. The Bertz CT molecular complexity index is 719. The van der Waals surface area contributed by atoms with E-state index in [1.54, 1.807) is 7.11 Å². The van der Waals surface area contributed by atoms with Crippen LogP contribution in [0.25, 0.3) is 0 Å². The molecular weight excluding hydrogens is 346 g/mol. The number of primary amides is 1. The summed E-state index contributed by atoms with van der Waals surface area (Å²) in [5.41, 5.74) is 13.0. The van der Waals surface area contributed by atoms with E-state index in [-0.39, 0.29) is 5.57 Å². The van der Waals surface area contributed by atoms with E-state index in [0.717, 1.165) is 6.42 Å². The van der Waals surface area contributed by atoms with Crippen LogP contribution in [0.4, 0.5) is 0 Å². The molecule has 0 unspecified atom stereocenters. The summed E-state index contributed by atoms with van der Waals surface area (Å²) in [5, 5.41) is 13.0. The molecule has 0 aromatic heterocycles. The number of carbonyl (C=O) groups excluding carboxylic acids is 1. The highest BCUT2D eigenvalue weighted by Gasteiger charge is 2.16. The van der Waals surface area contributed by atoms with Crippen molar-refractivity contribution in [1.82, 2.24) is 5.32 Å². The molecule has 5 nitrogen and oxygen atoms in total. The van der Waals surface area contributed by atoms with Gasteiger partial charge in [-0.2, -0.15) is 5.26 Å². The van der Waals surface area contributed by atoms with Gasteiger partial charge in [-0.1, -0.05) is 0 Å². The zero-order chi connectivity index (χ0) is 19.9. The summed E-state index contributed by atoms with van der Waals surface area (Å²) in [6.07, 6.45) is 0.777. The minimum Gasteiger partial charge on any atom is -0.385 e. The van der Waals surface area contributed by atoms with Crippen molar-refractivity contribution in [2.75, 3.05) is 20.3 Å². The van der Waals surface area contributed by atoms with E-state index >= 15 is 0 Å². The van der Waals surface area contributed by atoms with Gasteiger partial charge >= 0.3 is 0 Å². The first-order chi connectivity index (χ1) is 12.3. The van der Waals surface area contributed by atoms with Crippen molar-refractivity contribution in [3.05, 3.63) is 44.0 Å². The maximum Gasteiger partial charge on any atom is 0.262 e. The largest absolute Gasteiger partial charge is 0.385 e. The summed E-state index contributed by atoms with van der Waals surface area (Å²) in [6.45, 7) is 11.9. The number of benzene rings is 1. The molecule has 0 radical (unpaired) electrons. The van der Waals surface area contributed by atoms with Crippen molar-refractivity contribution in [1.29, 1.82) is 5.26 Å². The Balaban J connectivity index is 3.12. The normalized spacial score (nSPS) is 11.7. The van der Waals surface area contributed by atoms with Crippen LogP contribution < -0.4 is 11.1 Å². The predicted molar refractivity (Wildman–Crippen MR) is 108 cm³/mol. The molecule has 0 saturated carbocycles. The topological polar surface area (TPSA) is 88.1 Å². The first kappa shape index (κ1) is 22.1. The van der Waals surface area contributed by atoms with Gasteiger partial charge in [-0.25, -0.2) is 0 Å². The molecule has 6 heteroatoms. The van der Waals surface area contributed by atoms with Crippen LogP contribution in [-0.4, -0.2) is 26.2 Å². The quantitative estimate of drug-likeness (QED) is 0.393. The Morgan fingerprint density at radius 2 is 1.65 bits per heavy atom. The fourth-order valence-corrected chi connectivity index (χ4v) is 4.00. The molecule has 1 amide bonds. The van der Waals surface area contributed by atoms with Gasteiger partial charge in [0.1, 0.15) is 11.6 Å². The number of nitrogens with one attached hydrogen (secondary N) is 1. The molecule has 0 saturated heterocycles. The lowest BCUT2D eigenvalue weighted by atomic mass is 9.90. The maximum absolute atomic E-state index is 11.6. The van der Waals surface area contributed by atoms with Crippen molar-refractivity contribution in [2.24, 2.45) is 5.73 Å². The third-order valence-electron chi connectivity index (χ3n) is 4.91. The Hall–Kier alpha value is -1.97. The number of nitrogens with zero attached hydrogens (tertiary/aromatic N) is 1. The highest BCUT2D eigenvalue weighted by atomic mass is 32.2. The average Bonchev–Trinajstić information content (AvgIpc) is 2.61. The fourth-order valence-electron chi connectivity index (χ4n) is 2.79. The molecule has 0 spiro atoms. The second-order valence-corrected chi connectivity index (χ2v) is 7.33. The summed E-state index contributed by atoms with van der Waals surface area (Å²) < 4.78 is 5.04. The molecule has 0 aliphatic carbocycles. The van der Waals surface area contributed by atoms with Gasteiger partial charge in [0.05, 0.1) is 5.03 Å². The summed E-state index contributed by atoms with van der Waals surface area (Å²) >= 11 is 1.45. The Labute approximate surface area is 161 Å². The summed E-state index contributed by atoms with van der Waals surface area (Å²) in [5.74, 6) is -0.0380. The van der Waals surface area contributed by atoms with Crippen LogP contribution in [0, 0.1) is 45.9 Å². The van der Waals surface area contributed by atoms with Gasteiger partial charge in [-0.05, 0) is 74.4 Å². The zero-order valence-corrected chi connectivity index (χ0v) is 17.4. The van der Waals surface area contributed by atoms with Crippen molar-refractivity contribution >= 4 is 17.7 Å². The third kappa shape index (κ3) is 5.26. The van der Waals surface area contributed by atoms with E-state index in [1.807, 2.05) is 6.07 Å². The van der Waals surface area contributed by atoms with E-state index in [1.165, 1.54) is 45.1 Å². The molecule has 1 rings (SSSR count). The van der Waals surface area contributed by atoms with E-state index < -0.39 is 5.91 Å². The van der Waals surface area contributed by atoms with Gasteiger partial charge in [0.25, 0.3) is 5.91 Å². The first-order valence-electron chi connectivity index (χ1n) is 8.61. The number of nitriles is 1. The number of hydrogen-bond donors (Lipinski definition) is 2. The van der Waals surface area contributed by atoms with Crippen LogP contribution in [0.15, 0.2) is 10.6 Å². The number of amides is 1. The smallest absolute Gasteiger partial charge is 0.262 e. The maximum atomic E-state index is 11.6. The third-order valence-corrected chi connectivity index (χ3v) is 5.98. The number of hydrogen-bond acceptors (Lipinski definition) is 5. The Kier molecular flexibility index (Phi) is 8.70. The van der Waals surface area contributed by atoms with Gasteiger partial charge in [0.15, 0.2) is 0 Å². The van der Waals surface area contributed by atoms with Crippen LogP contribution >= 0.6 is 11.8 Å². The minimum atomic E-state index is -0.709. The molecule has 0 fully saturated rings. The molecule has 1 aromatic carbocycles. The molecule has 0 heterocycles. The van der Waals surface area contributed by atoms with Gasteiger partial charge in [-0.15, -0.1) is 11.8 Å². The number of methoxy groups -OCH3 is 1. The van der Waals surface area contributed by atoms with E-state index in [9.17, 15) is 10.1 Å². The zero-order valence-electron chi connectivity index (χ0n) is 16.6. The number of carbonyl (C=O) groups is 1. The minimum absolute atomic E-state index is 0.0247. The summed E-state index contributed by atoms with van der Waals surface area (Å²) in [6, 6.07) is 1.93. The van der Waals surface area contributed by atoms with Crippen molar-refractivity contribution in [3.63, 3.8) is 0 Å². The molecule has 142 valence electrons. The number of thioether (sulfide) groups is 1. The second-order valence-electron chi connectivity index (χ2n) is 6.35. The number of nitrogens with two attached hydrogens (primary N) is 1. The van der Waals surface area contributed by atoms with Crippen molar-refractivity contribution in [2.45, 2.75) is 46.8 Å². The average molecular weight is 376 g/mol. The van der Waals surface area contributed by atoms with Gasteiger partial charge in [0, 0.05) is 26.0 Å². The van der Waals surface area contributed by atoms with Gasteiger partial charge in [-0.3, -0.25) is 4.79 Å². The van der Waals surface area contributed by atoms with Crippen LogP contribution in [-0.2, 0) is 15.3 Å². The molecule has 0 aliphatic heterocycles. The lowest BCUT2D eigenvalue weighted by molar-refractivity contribution is -0.114. The van der Waals surface area contributed by atoms with E-state index in [2.05, 4.69) is 39.9 Å². The second kappa shape index (κ2) is 10.2. The molecule has 1 aromatic rings. The van der Waals surface area contributed by atoms with Crippen molar-refractivity contribution < 1.29 is 9.53 Å². The van der Waals surface area contributed by atoms with Crippen LogP contribution in [0.5, 0.6) is 0 Å². The number of ether oxygens (including phenoxy) is 1. The first-order valence-corrected chi connectivity index (χ1v) is 9.60. The molecule has 0 bridgehead atoms. The van der Waals surface area contributed by atoms with Crippen LogP contribution in [0.3, 0.4) is 0 Å². The van der Waals surface area contributed by atoms with Gasteiger partial charge < -0.3 is 15.8 Å². The lowest BCUT2D eigenvalue weighted by Crippen LogP contribution is -2.22. The Morgan fingerprint density at radius 3 is 2.12 bits per heavy atom.